The molecule has 0 N–H and O–H groups in total. The predicted molar refractivity (Wildman–Crippen MR) is 77.7 cm³/mol. The van der Waals surface area contributed by atoms with Crippen molar-refractivity contribution in [3.05, 3.63) is 71.0 Å². The lowest BCUT2D eigenvalue weighted by Crippen LogP contribution is -2.06. The molecule has 0 saturated heterocycles. The highest BCUT2D eigenvalue weighted by Crippen LogP contribution is 2.32. The Bertz CT molecular complexity index is 1030. The highest BCUT2D eigenvalue weighted by atomic mass is 19.1. The smallest absolute Gasteiger partial charge is 0.350 e. The Morgan fingerprint density at radius 1 is 0.905 bits per heavy atom. The summed E-state index contributed by atoms with van der Waals surface area (Å²) in [6.45, 7) is 0. The lowest BCUT2D eigenvalue weighted by molar-refractivity contribution is 0.527. The quantitative estimate of drug-likeness (QED) is 0.487. The lowest BCUT2D eigenvalue weighted by atomic mass is 10.1. The number of halogens is 1. The molecule has 0 saturated carbocycles. The van der Waals surface area contributed by atoms with Crippen molar-refractivity contribution in [2.45, 2.75) is 0 Å². The van der Waals surface area contributed by atoms with E-state index in [4.69, 9.17) is 8.83 Å². The standard InChI is InChI=1S/C17H9FO3/c18-15-12-7-3-4-8-13(12)21-17(19)14(15)16-11-6-2-1-5-10(11)9-20-16/h1-9H. The van der Waals surface area contributed by atoms with Crippen LogP contribution in [0.1, 0.15) is 0 Å². The van der Waals surface area contributed by atoms with Gasteiger partial charge in [-0.05, 0) is 12.1 Å². The minimum atomic E-state index is -0.744. The maximum Gasteiger partial charge on any atom is 0.350 e. The van der Waals surface area contributed by atoms with Crippen molar-refractivity contribution in [3.63, 3.8) is 0 Å². The number of furan rings is 1. The fraction of sp³-hybridized carbons (Fsp3) is 0. The Labute approximate surface area is 118 Å². The van der Waals surface area contributed by atoms with E-state index in [1.807, 2.05) is 18.2 Å². The van der Waals surface area contributed by atoms with Crippen molar-refractivity contribution in [2.75, 3.05) is 0 Å². The van der Waals surface area contributed by atoms with E-state index >= 15 is 0 Å². The van der Waals surface area contributed by atoms with Crippen molar-refractivity contribution in [1.29, 1.82) is 0 Å². The molecule has 0 spiro atoms. The van der Waals surface area contributed by atoms with E-state index in [0.717, 1.165) is 5.39 Å². The van der Waals surface area contributed by atoms with Crippen LogP contribution in [-0.4, -0.2) is 0 Å². The molecule has 0 bridgehead atoms. The second kappa shape index (κ2) is 4.31. The van der Waals surface area contributed by atoms with Crippen molar-refractivity contribution in [2.24, 2.45) is 0 Å². The summed E-state index contributed by atoms with van der Waals surface area (Å²) in [6, 6.07) is 13.8. The second-order valence-corrected chi connectivity index (χ2v) is 4.73. The summed E-state index contributed by atoms with van der Waals surface area (Å²) in [5, 5.41) is 1.74. The molecular formula is C17H9FO3. The van der Waals surface area contributed by atoms with Crippen LogP contribution in [0.15, 0.2) is 68.4 Å². The molecule has 3 nitrogen and oxygen atoms in total. The van der Waals surface area contributed by atoms with Crippen LogP contribution in [0.5, 0.6) is 0 Å². The van der Waals surface area contributed by atoms with Gasteiger partial charge in [0.15, 0.2) is 11.6 Å². The molecule has 0 amide bonds. The van der Waals surface area contributed by atoms with Gasteiger partial charge >= 0.3 is 5.63 Å². The molecule has 2 aromatic carbocycles. The van der Waals surface area contributed by atoms with Gasteiger partial charge < -0.3 is 8.83 Å². The van der Waals surface area contributed by atoms with Gasteiger partial charge in [-0.3, -0.25) is 0 Å². The van der Waals surface area contributed by atoms with Crippen LogP contribution in [-0.2, 0) is 0 Å². The molecule has 2 heterocycles. The van der Waals surface area contributed by atoms with Gasteiger partial charge in [-0.15, -0.1) is 0 Å². The number of hydrogen-bond acceptors (Lipinski definition) is 3. The van der Waals surface area contributed by atoms with E-state index in [1.165, 1.54) is 6.26 Å². The molecule has 4 rings (SSSR count). The zero-order valence-electron chi connectivity index (χ0n) is 10.8. The Morgan fingerprint density at radius 3 is 2.48 bits per heavy atom. The summed E-state index contributed by atoms with van der Waals surface area (Å²) >= 11 is 0. The van der Waals surface area contributed by atoms with Crippen LogP contribution in [0.3, 0.4) is 0 Å². The zero-order valence-corrected chi connectivity index (χ0v) is 10.8. The number of hydrogen-bond donors (Lipinski definition) is 0. The Morgan fingerprint density at radius 2 is 1.62 bits per heavy atom. The number of para-hydroxylation sites is 1. The molecule has 2 aromatic heterocycles. The summed E-state index contributed by atoms with van der Waals surface area (Å²) in [5.74, 6) is -0.426. The third-order valence-corrected chi connectivity index (χ3v) is 3.49. The van der Waals surface area contributed by atoms with Crippen LogP contribution in [0.2, 0.25) is 0 Å². The summed E-state index contributed by atoms with van der Waals surface area (Å²) < 4.78 is 25.3. The van der Waals surface area contributed by atoms with Gasteiger partial charge in [0.25, 0.3) is 0 Å². The predicted octanol–water partition coefficient (Wildman–Crippen LogP) is 4.35. The van der Waals surface area contributed by atoms with E-state index in [1.54, 1.807) is 30.3 Å². The van der Waals surface area contributed by atoms with E-state index in [9.17, 15) is 9.18 Å². The maximum absolute atomic E-state index is 14.7. The molecule has 102 valence electrons. The molecule has 0 atom stereocenters. The topological polar surface area (TPSA) is 43.4 Å². The first-order chi connectivity index (χ1) is 10.3. The summed E-state index contributed by atoms with van der Waals surface area (Å²) in [7, 11) is 0. The van der Waals surface area contributed by atoms with Crippen molar-refractivity contribution in [3.8, 4) is 11.3 Å². The number of fused-ring (bicyclic) bond motifs is 2. The van der Waals surface area contributed by atoms with Crippen molar-refractivity contribution < 1.29 is 13.2 Å². The Kier molecular flexibility index (Phi) is 2.44. The van der Waals surface area contributed by atoms with Crippen LogP contribution >= 0.6 is 0 Å². The minimum absolute atomic E-state index is 0.171. The fourth-order valence-corrected chi connectivity index (χ4v) is 2.49. The van der Waals surface area contributed by atoms with Gasteiger partial charge in [0, 0.05) is 10.8 Å². The van der Waals surface area contributed by atoms with Crippen molar-refractivity contribution in [1.82, 2.24) is 0 Å². The fourth-order valence-electron chi connectivity index (χ4n) is 2.49. The average molecular weight is 280 g/mol. The Hall–Kier alpha value is -2.88. The summed E-state index contributed by atoms with van der Waals surface area (Å²) in [4.78, 5) is 12.1. The molecule has 4 heteroatoms. The molecule has 0 aliphatic carbocycles. The summed E-state index contributed by atoms with van der Waals surface area (Å²) in [5.41, 5.74) is -0.694. The van der Waals surface area contributed by atoms with Gasteiger partial charge in [-0.2, -0.15) is 0 Å². The highest BCUT2D eigenvalue weighted by Gasteiger charge is 2.21. The molecular weight excluding hydrogens is 271 g/mol. The summed E-state index contributed by atoms with van der Waals surface area (Å²) in [6.07, 6.45) is 1.50. The number of rotatable bonds is 1. The Balaban J connectivity index is 2.13. The molecule has 0 unspecified atom stereocenters. The van der Waals surface area contributed by atoms with E-state index in [2.05, 4.69) is 0 Å². The first kappa shape index (κ1) is 11.9. The SMILES string of the molecule is O=c1oc2ccccc2c(F)c1-c1occ2ccccc12. The first-order valence-electron chi connectivity index (χ1n) is 6.43. The lowest BCUT2D eigenvalue weighted by Gasteiger charge is -2.03. The normalized spacial score (nSPS) is 11.3. The van der Waals surface area contributed by atoms with Crippen LogP contribution in [0, 0.1) is 5.82 Å². The zero-order chi connectivity index (χ0) is 14.4. The van der Waals surface area contributed by atoms with Crippen LogP contribution < -0.4 is 5.63 Å². The number of benzene rings is 2. The first-order valence-corrected chi connectivity index (χ1v) is 6.43. The minimum Gasteiger partial charge on any atom is -0.463 e. The molecule has 0 fully saturated rings. The molecule has 21 heavy (non-hydrogen) atoms. The average Bonchev–Trinajstić information content (AvgIpc) is 2.91. The van der Waals surface area contributed by atoms with E-state index < -0.39 is 11.4 Å². The molecule has 0 aliphatic rings. The van der Waals surface area contributed by atoms with Gasteiger partial charge in [0.05, 0.1) is 11.6 Å². The van der Waals surface area contributed by atoms with Crippen LogP contribution in [0.25, 0.3) is 33.1 Å². The maximum atomic E-state index is 14.7. The van der Waals surface area contributed by atoms with Gasteiger partial charge in [0.1, 0.15) is 11.1 Å². The van der Waals surface area contributed by atoms with Gasteiger partial charge in [0.2, 0.25) is 0 Å². The third-order valence-electron chi connectivity index (χ3n) is 3.49. The second-order valence-electron chi connectivity index (χ2n) is 4.73. The monoisotopic (exact) mass is 280 g/mol. The third kappa shape index (κ3) is 1.69. The van der Waals surface area contributed by atoms with Gasteiger partial charge in [-0.1, -0.05) is 36.4 Å². The van der Waals surface area contributed by atoms with Gasteiger partial charge in [-0.25, -0.2) is 9.18 Å². The van der Waals surface area contributed by atoms with E-state index in [-0.39, 0.29) is 22.3 Å². The molecule has 0 aliphatic heterocycles. The van der Waals surface area contributed by atoms with Crippen molar-refractivity contribution >= 4 is 21.7 Å². The van der Waals surface area contributed by atoms with E-state index in [0.29, 0.717) is 5.39 Å². The molecule has 4 aromatic rings. The largest absolute Gasteiger partial charge is 0.463 e. The van der Waals surface area contributed by atoms with Crippen LogP contribution in [0.4, 0.5) is 4.39 Å². The highest BCUT2D eigenvalue weighted by molar-refractivity contribution is 5.95. The molecule has 0 radical (unpaired) electrons.